The molecule has 2 unspecified atom stereocenters. The summed E-state index contributed by atoms with van der Waals surface area (Å²) in [5.41, 5.74) is 2.90. The van der Waals surface area contributed by atoms with Crippen LogP contribution in [-0.2, 0) is 14.4 Å². The minimum atomic E-state index is -0.719. The van der Waals surface area contributed by atoms with Gasteiger partial charge in [-0.1, -0.05) is 59.5 Å². The van der Waals surface area contributed by atoms with Crippen LogP contribution >= 0.6 is 23.1 Å². The second-order valence-corrected chi connectivity index (χ2v) is 11.9. The van der Waals surface area contributed by atoms with E-state index in [1.54, 1.807) is 48.5 Å². The maximum absolute atomic E-state index is 13.8. The van der Waals surface area contributed by atoms with Crippen LogP contribution < -0.4 is 24.6 Å². The number of ether oxygens (including phenoxy) is 2. The Morgan fingerprint density at radius 2 is 1.78 bits per heavy atom. The van der Waals surface area contributed by atoms with Gasteiger partial charge in [0.1, 0.15) is 5.25 Å². The number of imide groups is 1. The monoisotopic (exact) mass is 587 g/mol. The van der Waals surface area contributed by atoms with E-state index in [-0.39, 0.29) is 29.2 Å². The highest BCUT2D eigenvalue weighted by Crippen LogP contribution is 2.53. The zero-order valence-electron chi connectivity index (χ0n) is 22.1. The van der Waals surface area contributed by atoms with Crippen LogP contribution in [0, 0.1) is 12.8 Å². The average Bonchev–Trinajstić information content (AvgIpc) is 3.46. The second-order valence-electron chi connectivity index (χ2n) is 9.71. The molecule has 0 bridgehead atoms. The molecule has 0 spiro atoms. The topological polar surface area (TPSA) is 118 Å². The number of H-pyrrole nitrogens is 1. The summed E-state index contributed by atoms with van der Waals surface area (Å²) in [6, 6.07) is 21.5. The van der Waals surface area contributed by atoms with E-state index in [1.807, 2.05) is 31.2 Å². The molecule has 208 valence electrons. The molecule has 3 aromatic carbocycles. The predicted octanol–water partition coefficient (Wildman–Crippen LogP) is 4.57. The Labute approximate surface area is 243 Å². The van der Waals surface area contributed by atoms with Gasteiger partial charge in [0.2, 0.25) is 11.8 Å². The van der Waals surface area contributed by atoms with Gasteiger partial charge in [-0.2, -0.15) is 0 Å². The van der Waals surface area contributed by atoms with Crippen LogP contribution in [0.25, 0.3) is 0 Å². The molecule has 6 rings (SSSR count). The zero-order valence-corrected chi connectivity index (χ0v) is 23.7. The van der Waals surface area contributed by atoms with E-state index in [4.69, 9.17) is 9.47 Å². The number of hydrogen-bond acceptors (Lipinski definition) is 8. The smallest absolute Gasteiger partial charge is 0.305 e. The predicted molar refractivity (Wildman–Crippen MR) is 157 cm³/mol. The Morgan fingerprint density at radius 3 is 2.54 bits per heavy atom. The minimum absolute atomic E-state index is 0.239. The van der Waals surface area contributed by atoms with Crippen LogP contribution in [0.2, 0.25) is 0 Å². The quantitative estimate of drug-likeness (QED) is 0.304. The number of aromatic nitrogens is 1. The molecular formula is C30H25N3O6S2. The van der Waals surface area contributed by atoms with Crippen molar-refractivity contribution in [3.63, 3.8) is 0 Å². The number of nitrogens with zero attached hydrogens (tertiary/aromatic N) is 1. The van der Waals surface area contributed by atoms with Crippen LogP contribution in [0.3, 0.4) is 0 Å². The standard InChI is InChI=1S/C30H25N3O6S2/c1-16-7-6-8-18(13-16)31-22(34)15-39-20-12-11-17(14-21(20)38-2)23-24-26(40-27-25(23)41-30(37)32-27)29(36)33(28(24)35)19-9-4-3-5-10-19/h3-14,23-24,26H,15H2,1-2H3,(H,31,34)(H,32,37)/t23-,24?,26?/m1/s1. The second kappa shape index (κ2) is 10.9. The number of carbonyl (C=O) groups excluding carboxylic acids is 3. The third-order valence-electron chi connectivity index (χ3n) is 7.05. The third-order valence-corrected chi connectivity index (χ3v) is 9.45. The zero-order chi connectivity index (χ0) is 28.7. The summed E-state index contributed by atoms with van der Waals surface area (Å²) in [5, 5.41) is 2.70. The van der Waals surface area contributed by atoms with E-state index < -0.39 is 17.1 Å². The van der Waals surface area contributed by atoms with E-state index in [1.165, 1.54) is 23.8 Å². The molecule has 1 aromatic heterocycles. The van der Waals surface area contributed by atoms with Crippen molar-refractivity contribution in [1.29, 1.82) is 0 Å². The van der Waals surface area contributed by atoms with E-state index >= 15 is 0 Å². The lowest BCUT2D eigenvalue weighted by Gasteiger charge is -2.30. The first kappa shape index (κ1) is 26.9. The summed E-state index contributed by atoms with van der Waals surface area (Å²) in [5.74, 6) is -1.53. The van der Waals surface area contributed by atoms with Gasteiger partial charge in [-0.3, -0.25) is 19.2 Å². The molecule has 0 radical (unpaired) electrons. The number of fused-ring (bicyclic) bond motifs is 2. The molecule has 2 aliphatic heterocycles. The van der Waals surface area contributed by atoms with Crippen molar-refractivity contribution in [2.45, 2.75) is 23.1 Å². The molecule has 4 aromatic rings. The summed E-state index contributed by atoms with van der Waals surface area (Å²) in [4.78, 5) is 56.8. The number of rotatable bonds is 7. The van der Waals surface area contributed by atoms with Gasteiger partial charge in [0.05, 0.1) is 23.7 Å². The van der Waals surface area contributed by atoms with Crippen LogP contribution in [0.4, 0.5) is 11.4 Å². The number of hydrogen-bond donors (Lipinski definition) is 2. The lowest BCUT2D eigenvalue weighted by Crippen LogP contribution is -2.32. The van der Waals surface area contributed by atoms with Crippen molar-refractivity contribution >= 4 is 52.2 Å². The van der Waals surface area contributed by atoms with Gasteiger partial charge in [0, 0.05) is 16.5 Å². The fourth-order valence-electron chi connectivity index (χ4n) is 5.27. The van der Waals surface area contributed by atoms with E-state index in [0.717, 1.165) is 16.9 Å². The molecule has 11 heteroatoms. The molecule has 3 atom stereocenters. The Morgan fingerprint density at radius 1 is 0.976 bits per heavy atom. The van der Waals surface area contributed by atoms with E-state index in [0.29, 0.717) is 38.3 Å². The lowest BCUT2D eigenvalue weighted by molar-refractivity contribution is -0.122. The number of nitrogens with one attached hydrogen (secondary N) is 2. The molecular weight excluding hydrogens is 562 g/mol. The number of thioether (sulfide) groups is 1. The average molecular weight is 588 g/mol. The lowest BCUT2D eigenvalue weighted by atomic mass is 9.83. The van der Waals surface area contributed by atoms with Gasteiger partial charge >= 0.3 is 4.87 Å². The Bertz CT molecular complexity index is 1720. The highest BCUT2D eigenvalue weighted by molar-refractivity contribution is 8.00. The summed E-state index contributed by atoms with van der Waals surface area (Å²) in [6.45, 7) is 1.70. The molecule has 3 amide bonds. The highest BCUT2D eigenvalue weighted by Gasteiger charge is 2.56. The molecule has 41 heavy (non-hydrogen) atoms. The highest BCUT2D eigenvalue weighted by atomic mass is 32.2. The number of thiazole rings is 1. The van der Waals surface area contributed by atoms with Crippen LogP contribution in [-0.4, -0.2) is 41.7 Å². The van der Waals surface area contributed by atoms with Crippen molar-refractivity contribution in [2.75, 3.05) is 23.9 Å². The van der Waals surface area contributed by atoms with Gasteiger partial charge in [-0.15, -0.1) is 0 Å². The summed E-state index contributed by atoms with van der Waals surface area (Å²) in [7, 11) is 1.49. The molecule has 2 N–H and O–H groups in total. The number of aryl methyl sites for hydroxylation is 1. The maximum atomic E-state index is 13.8. The van der Waals surface area contributed by atoms with Crippen molar-refractivity contribution in [3.8, 4) is 11.5 Å². The fraction of sp³-hybridized carbons (Fsp3) is 0.200. The first-order chi connectivity index (χ1) is 19.8. The van der Waals surface area contributed by atoms with Gasteiger partial charge in [-0.25, -0.2) is 4.90 Å². The largest absolute Gasteiger partial charge is 0.493 e. The number of para-hydroxylation sites is 1. The van der Waals surface area contributed by atoms with E-state index in [2.05, 4.69) is 10.3 Å². The molecule has 0 aliphatic carbocycles. The van der Waals surface area contributed by atoms with Crippen molar-refractivity contribution < 1.29 is 23.9 Å². The summed E-state index contributed by atoms with van der Waals surface area (Å²) >= 11 is 2.26. The summed E-state index contributed by atoms with van der Waals surface area (Å²) < 4.78 is 11.4. The Kier molecular flexibility index (Phi) is 7.14. The van der Waals surface area contributed by atoms with Crippen LogP contribution in [0.15, 0.2) is 82.6 Å². The normalized spacial score (nSPS) is 19.5. The third kappa shape index (κ3) is 5.02. The van der Waals surface area contributed by atoms with E-state index in [9.17, 15) is 19.2 Å². The first-order valence-electron chi connectivity index (χ1n) is 12.8. The molecule has 1 saturated heterocycles. The Balaban J connectivity index is 1.30. The van der Waals surface area contributed by atoms with Crippen molar-refractivity contribution in [2.24, 2.45) is 5.92 Å². The molecule has 9 nitrogen and oxygen atoms in total. The maximum Gasteiger partial charge on any atom is 0.305 e. The number of benzene rings is 3. The van der Waals surface area contributed by atoms with Gasteiger partial charge in [0.25, 0.3) is 5.91 Å². The number of anilines is 2. The van der Waals surface area contributed by atoms with Crippen molar-refractivity contribution in [1.82, 2.24) is 4.98 Å². The van der Waals surface area contributed by atoms with Crippen molar-refractivity contribution in [3.05, 3.63) is 98.5 Å². The van der Waals surface area contributed by atoms with Gasteiger partial charge in [-0.05, 0) is 54.4 Å². The van der Waals surface area contributed by atoms with Crippen LogP contribution in [0.5, 0.6) is 11.5 Å². The molecule has 2 aliphatic rings. The molecule has 0 saturated carbocycles. The van der Waals surface area contributed by atoms with Crippen LogP contribution in [0.1, 0.15) is 21.9 Å². The molecule has 1 fully saturated rings. The fourth-order valence-corrected chi connectivity index (χ4v) is 7.78. The number of carbonyl (C=O) groups is 3. The Hall–Kier alpha value is -4.35. The van der Waals surface area contributed by atoms with Gasteiger partial charge in [0.15, 0.2) is 18.1 Å². The SMILES string of the molecule is COc1cc([C@H]2c3sc(=O)[nH]c3SC3C(=O)N(c4ccccc4)C(=O)C32)ccc1OCC(=O)Nc1cccc(C)c1. The number of amides is 3. The first-order valence-corrected chi connectivity index (χ1v) is 14.5. The summed E-state index contributed by atoms with van der Waals surface area (Å²) in [6.07, 6.45) is 0. The molecule has 3 heterocycles. The minimum Gasteiger partial charge on any atom is -0.493 e. The number of methoxy groups -OCH3 is 1. The van der Waals surface area contributed by atoms with Gasteiger partial charge < -0.3 is 19.8 Å². The number of aromatic amines is 1.